The second-order valence-corrected chi connectivity index (χ2v) is 7.03. The number of benzene rings is 1. The number of fused-ring (bicyclic) bond motifs is 2. The molecule has 2 N–H and O–H groups in total. The van der Waals surface area contributed by atoms with E-state index >= 15 is 0 Å². The van der Waals surface area contributed by atoms with E-state index in [1.54, 1.807) is 18.3 Å². The summed E-state index contributed by atoms with van der Waals surface area (Å²) in [6, 6.07) is 9.33. The molecule has 0 spiro atoms. The van der Waals surface area contributed by atoms with E-state index in [4.69, 9.17) is 10.6 Å². The maximum absolute atomic E-state index is 13.3. The topological polar surface area (TPSA) is 105 Å². The lowest BCUT2D eigenvalue weighted by molar-refractivity contribution is -0.141. The first kappa shape index (κ1) is 19.8. The molecule has 0 amide bonds. The number of aryl methyl sites for hydroxylation is 2. The average Bonchev–Trinajstić information content (AvgIpc) is 3.12. The van der Waals surface area contributed by atoms with E-state index in [1.807, 2.05) is 18.3 Å². The van der Waals surface area contributed by atoms with Crippen molar-refractivity contribution in [2.75, 3.05) is 6.54 Å². The summed E-state index contributed by atoms with van der Waals surface area (Å²) in [5.74, 6) is -0.599. The smallest absolute Gasteiger partial charge is 0.330 e. The van der Waals surface area contributed by atoms with E-state index in [0.29, 0.717) is 23.3 Å². The summed E-state index contributed by atoms with van der Waals surface area (Å²) in [6.07, 6.45) is 5.18. The van der Waals surface area contributed by atoms with Crippen LogP contribution in [-0.4, -0.2) is 31.8 Å². The van der Waals surface area contributed by atoms with Gasteiger partial charge >= 0.3 is 11.5 Å². The van der Waals surface area contributed by atoms with E-state index in [2.05, 4.69) is 27.5 Å². The van der Waals surface area contributed by atoms with Crippen LogP contribution in [0.1, 0.15) is 25.8 Å². The fourth-order valence-corrected chi connectivity index (χ4v) is 3.74. The Bertz CT molecular complexity index is 1310. The van der Waals surface area contributed by atoms with Gasteiger partial charge in [-0.25, -0.2) is 14.8 Å². The van der Waals surface area contributed by atoms with Gasteiger partial charge < -0.3 is 15.1 Å². The van der Waals surface area contributed by atoms with Crippen LogP contribution in [0.15, 0.2) is 47.5 Å². The van der Waals surface area contributed by atoms with Gasteiger partial charge in [0.05, 0.1) is 5.52 Å². The third-order valence-electron chi connectivity index (χ3n) is 5.03. The zero-order chi connectivity index (χ0) is 21.3. The van der Waals surface area contributed by atoms with Gasteiger partial charge in [-0.1, -0.05) is 25.1 Å². The molecule has 1 aromatic carbocycles. The molecule has 3 aromatic heterocycles. The first-order valence-corrected chi connectivity index (χ1v) is 9.93. The predicted octanol–water partition coefficient (Wildman–Crippen LogP) is 2.30. The molecular formula is C22H23N5O3. The van der Waals surface area contributed by atoms with Crippen molar-refractivity contribution in [1.82, 2.24) is 19.3 Å². The van der Waals surface area contributed by atoms with E-state index in [9.17, 15) is 9.59 Å². The maximum atomic E-state index is 13.3. The van der Waals surface area contributed by atoms with Gasteiger partial charge in [-0.05, 0) is 37.1 Å². The molecule has 0 fully saturated rings. The fraction of sp³-hybridized carbons (Fsp3) is 0.273. The number of para-hydroxylation sites is 1. The second-order valence-electron chi connectivity index (χ2n) is 7.03. The van der Waals surface area contributed by atoms with Crippen LogP contribution in [0.5, 0.6) is 0 Å². The van der Waals surface area contributed by atoms with Crippen molar-refractivity contribution in [2.24, 2.45) is 5.73 Å². The minimum Gasteiger partial charge on any atom is -0.347 e. The first-order valence-electron chi connectivity index (χ1n) is 9.93. The van der Waals surface area contributed by atoms with Crippen molar-refractivity contribution in [2.45, 2.75) is 33.2 Å². The number of nitrogens with two attached hydrogens (primary N) is 1. The summed E-state index contributed by atoms with van der Waals surface area (Å²) in [5.41, 5.74) is 8.97. The lowest BCUT2D eigenvalue weighted by Gasteiger charge is -2.09. The van der Waals surface area contributed by atoms with Crippen LogP contribution >= 0.6 is 0 Å². The normalized spacial score (nSPS) is 11.3. The number of aromatic nitrogens is 4. The van der Waals surface area contributed by atoms with Crippen molar-refractivity contribution in [1.29, 1.82) is 0 Å². The number of pyridine rings is 1. The molecule has 0 saturated carbocycles. The molecule has 4 rings (SSSR count). The Morgan fingerprint density at radius 2 is 2.07 bits per heavy atom. The lowest BCUT2D eigenvalue weighted by Crippen LogP contribution is -2.31. The zero-order valence-corrected chi connectivity index (χ0v) is 17.0. The molecule has 8 nitrogen and oxygen atoms in total. The van der Waals surface area contributed by atoms with Crippen LogP contribution in [0.25, 0.3) is 33.3 Å². The van der Waals surface area contributed by atoms with E-state index in [0.717, 1.165) is 35.0 Å². The summed E-state index contributed by atoms with van der Waals surface area (Å²) in [4.78, 5) is 39.0. The Kier molecular flexibility index (Phi) is 5.33. The largest absolute Gasteiger partial charge is 0.347 e. The minimum absolute atomic E-state index is 0.187. The van der Waals surface area contributed by atoms with Crippen molar-refractivity contribution >= 4 is 28.0 Å². The zero-order valence-electron chi connectivity index (χ0n) is 17.0. The monoisotopic (exact) mass is 405 g/mol. The highest BCUT2D eigenvalue weighted by Crippen LogP contribution is 2.31. The summed E-state index contributed by atoms with van der Waals surface area (Å²) in [7, 11) is 0. The number of carbonyl (C=O) groups excluding carboxylic acids is 1. The molecule has 0 atom stereocenters. The molecule has 0 aliphatic carbocycles. The van der Waals surface area contributed by atoms with E-state index < -0.39 is 11.5 Å². The molecule has 4 aromatic rings. The van der Waals surface area contributed by atoms with Crippen molar-refractivity contribution in [3.63, 3.8) is 0 Å². The highest BCUT2D eigenvalue weighted by Gasteiger charge is 2.20. The van der Waals surface area contributed by atoms with Gasteiger partial charge in [0.15, 0.2) is 5.65 Å². The molecule has 0 bridgehead atoms. The number of carbonyl (C=O) groups is 1. The summed E-state index contributed by atoms with van der Waals surface area (Å²) >= 11 is 0. The van der Waals surface area contributed by atoms with Crippen molar-refractivity contribution in [3.05, 3.63) is 58.6 Å². The SMILES string of the molecule is CCc1cccc2c(-c3nc4ncccc4n(OC(C)=O)c3=O)cn(CCCN)c12. The molecule has 0 unspecified atom stereocenters. The quantitative estimate of drug-likeness (QED) is 0.528. The Labute approximate surface area is 172 Å². The summed E-state index contributed by atoms with van der Waals surface area (Å²) in [6.45, 7) is 4.65. The summed E-state index contributed by atoms with van der Waals surface area (Å²) in [5, 5.41) is 0.917. The van der Waals surface area contributed by atoms with E-state index in [1.165, 1.54) is 12.5 Å². The van der Waals surface area contributed by atoms with Gasteiger partial charge in [0.2, 0.25) is 0 Å². The number of rotatable bonds is 6. The third kappa shape index (κ3) is 3.35. The van der Waals surface area contributed by atoms with Crippen LogP contribution in [0, 0.1) is 0 Å². The highest BCUT2D eigenvalue weighted by molar-refractivity contribution is 5.97. The minimum atomic E-state index is -0.599. The molecule has 30 heavy (non-hydrogen) atoms. The second kappa shape index (κ2) is 8.08. The van der Waals surface area contributed by atoms with Crippen LogP contribution in [0.2, 0.25) is 0 Å². The Hall–Kier alpha value is -3.52. The van der Waals surface area contributed by atoms with E-state index in [-0.39, 0.29) is 5.69 Å². The van der Waals surface area contributed by atoms with Crippen LogP contribution in [0.4, 0.5) is 0 Å². The molecule has 0 radical (unpaired) electrons. The lowest BCUT2D eigenvalue weighted by atomic mass is 10.1. The van der Waals surface area contributed by atoms with Crippen LogP contribution in [-0.2, 0) is 17.8 Å². The standard InChI is InChI=1S/C22H23N5O3/c1-3-15-7-4-8-16-17(13-26(20(15)16)12-6-10-23)19-22(29)27(30-14(2)28)18-9-5-11-24-21(18)25-19/h4-5,7-9,11,13H,3,6,10,12,23H2,1-2H3. The summed E-state index contributed by atoms with van der Waals surface area (Å²) < 4.78 is 3.09. The van der Waals surface area contributed by atoms with Crippen molar-refractivity contribution < 1.29 is 9.63 Å². The maximum Gasteiger partial charge on any atom is 0.330 e. The highest BCUT2D eigenvalue weighted by atomic mass is 16.7. The van der Waals surface area contributed by atoms with Gasteiger partial charge in [-0.15, -0.1) is 4.73 Å². The van der Waals surface area contributed by atoms with Crippen LogP contribution in [0.3, 0.4) is 0 Å². The van der Waals surface area contributed by atoms with Gasteiger partial charge in [0.25, 0.3) is 0 Å². The average molecular weight is 405 g/mol. The molecule has 0 saturated heterocycles. The van der Waals surface area contributed by atoms with Gasteiger partial charge in [-0.3, -0.25) is 4.79 Å². The molecule has 0 aliphatic heterocycles. The Morgan fingerprint density at radius 1 is 1.23 bits per heavy atom. The van der Waals surface area contributed by atoms with Gasteiger partial charge in [0, 0.05) is 36.8 Å². The molecule has 154 valence electrons. The third-order valence-corrected chi connectivity index (χ3v) is 5.03. The fourth-order valence-electron chi connectivity index (χ4n) is 3.74. The predicted molar refractivity (Wildman–Crippen MR) is 115 cm³/mol. The number of nitrogens with zero attached hydrogens (tertiary/aromatic N) is 4. The van der Waals surface area contributed by atoms with Crippen LogP contribution < -0.4 is 16.1 Å². The Morgan fingerprint density at radius 3 is 2.80 bits per heavy atom. The number of hydrogen-bond acceptors (Lipinski definition) is 6. The van der Waals surface area contributed by atoms with Crippen molar-refractivity contribution in [3.8, 4) is 11.3 Å². The molecular weight excluding hydrogens is 382 g/mol. The first-order chi connectivity index (χ1) is 14.5. The Balaban J connectivity index is 2.04. The number of hydrogen-bond donors (Lipinski definition) is 1. The molecule has 3 heterocycles. The van der Waals surface area contributed by atoms with Gasteiger partial charge in [-0.2, -0.15) is 0 Å². The van der Waals surface area contributed by atoms with Gasteiger partial charge in [0.1, 0.15) is 11.2 Å². The molecule has 8 heteroatoms. The molecule has 0 aliphatic rings.